The molecule has 0 radical (unpaired) electrons. The van der Waals surface area contributed by atoms with Gasteiger partial charge in [0.2, 0.25) is 0 Å². The molecule has 0 N–H and O–H groups in total. The lowest BCUT2D eigenvalue weighted by atomic mass is 10.1. The number of hydrogen-bond acceptors (Lipinski definition) is 1. The number of rotatable bonds is 3. The molecule has 0 spiro atoms. The third kappa shape index (κ3) is 1.80. The lowest BCUT2D eigenvalue weighted by molar-refractivity contribution is 0.644. The molecule has 1 aromatic heterocycles. The molecule has 0 bridgehead atoms. The third-order valence-electron chi connectivity index (χ3n) is 2.22. The second kappa shape index (κ2) is 4.29. The Morgan fingerprint density at radius 2 is 2.07 bits per heavy atom. The van der Waals surface area contributed by atoms with Crippen LogP contribution in [0.3, 0.4) is 0 Å². The van der Waals surface area contributed by atoms with Gasteiger partial charge in [-0.2, -0.15) is 0 Å². The van der Waals surface area contributed by atoms with Crippen molar-refractivity contribution in [2.24, 2.45) is 0 Å². The molecule has 3 heteroatoms. The van der Waals surface area contributed by atoms with Gasteiger partial charge in [-0.05, 0) is 5.56 Å². The predicted octanol–water partition coefficient (Wildman–Crippen LogP) is 2.71. The first-order chi connectivity index (χ1) is 6.92. The van der Waals surface area contributed by atoms with Crippen LogP contribution in [0.2, 0.25) is 0 Å². The van der Waals surface area contributed by atoms with E-state index < -0.39 is 0 Å². The van der Waals surface area contributed by atoms with E-state index in [-0.39, 0.29) is 6.04 Å². The Morgan fingerprint density at radius 1 is 1.29 bits per heavy atom. The molecular formula is C11H11ClN2. The van der Waals surface area contributed by atoms with Crippen LogP contribution in [-0.2, 0) is 0 Å². The van der Waals surface area contributed by atoms with Gasteiger partial charge in [0.1, 0.15) is 0 Å². The van der Waals surface area contributed by atoms with Gasteiger partial charge in [-0.15, -0.1) is 11.6 Å². The summed E-state index contributed by atoms with van der Waals surface area (Å²) in [6.07, 6.45) is 5.49. The molecule has 1 heterocycles. The van der Waals surface area contributed by atoms with E-state index in [1.165, 1.54) is 5.56 Å². The van der Waals surface area contributed by atoms with Gasteiger partial charge in [-0.3, -0.25) is 0 Å². The van der Waals surface area contributed by atoms with Crippen molar-refractivity contribution in [3.05, 3.63) is 54.6 Å². The van der Waals surface area contributed by atoms with Crippen molar-refractivity contribution < 1.29 is 0 Å². The minimum Gasteiger partial charge on any atom is -0.329 e. The molecule has 2 aromatic rings. The van der Waals surface area contributed by atoms with E-state index in [0.29, 0.717) is 5.88 Å². The Morgan fingerprint density at radius 3 is 2.64 bits per heavy atom. The molecule has 0 fully saturated rings. The molecule has 0 aliphatic heterocycles. The van der Waals surface area contributed by atoms with E-state index in [4.69, 9.17) is 11.6 Å². The fraction of sp³-hybridized carbons (Fsp3) is 0.182. The smallest absolute Gasteiger partial charge is 0.0952 e. The lowest BCUT2D eigenvalue weighted by Gasteiger charge is -2.15. The fourth-order valence-electron chi connectivity index (χ4n) is 1.47. The van der Waals surface area contributed by atoms with Gasteiger partial charge in [-0.1, -0.05) is 30.3 Å². The van der Waals surface area contributed by atoms with Crippen LogP contribution in [0.4, 0.5) is 0 Å². The van der Waals surface area contributed by atoms with Crippen molar-refractivity contribution in [1.82, 2.24) is 9.55 Å². The van der Waals surface area contributed by atoms with Gasteiger partial charge in [0, 0.05) is 18.3 Å². The summed E-state index contributed by atoms with van der Waals surface area (Å²) in [4.78, 5) is 4.02. The van der Waals surface area contributed by atoms with Crippen LogP contribution in [0.25, 0.3) is 0 Å². The molecule has 1 atom stereocenters. The van der Waals surface area contributed by atoms with Gasteiger partial charge < -0.3 is 4.57 Å². The Balaban J connectivity index is 2.31. The summed E-state index contributed by atoms with van der Waals surface area (Å²) in [7, 11) is 0. The Bertz CT molecular complexity index is 369. The van der Waals surface area contributed by atoms with Gasteiger partial charge >= 0.3 is 0 Å². The Hall–Kier alpha value is -1.28. The number of halogens is 1. The van der Waals surface area contributed by atoms with Crippen LogP contribution in [0.1, 0.15) is 11.6 Å². The summed E-state index contributed by atoms with van der Waals surface area (Å²) in [6.45, 7) is 0. The third-order valence-corrected chi connectivity index (χ3v) is 2.51. The van der Waals surface area contributed by atoms with E-state index in [9.17, 15) is 0 Å². The Kier molecular flexibility index (Phi) is 2.84. The zero-order valence-electron chi connectivity index (χ0n) is 7.68. The summed E-state index contributed by atoms with van der Waals surface area (Å²) < 4.78 is 2.02. The Labute approximate surface area is 88.2 Å². The molecule has 14 heavy (non-hydrogen) atoms. The second-order valence-electron chi connectivity index (χ2n) is 3.09. The van der Waals surface area contributed by atoms with Gasteiger partial charge in [0.05, 0.1) is 12.4 Å². The van der Waals surface area contributed by atoms with Gasteiger partial charge in [-0.25, -0.2) is 4.98 Å². The normalized spacial score (nSPS) is 12.6. The first-order valence-electron chi connectivity index (χ1n) is 4.50. The minimum atomic E-state index is 0.181. The number of aromatic nitrogens is 2. The van der Waals surface area contributed by atoms with Crippen molar-refractivity contribution in [1.29, 1.82) is 0 Å². The highest BCUT2D eigenvalue weighted by Crippen LogP contribution is 2.18. The first-order valence-corrected chi connectivity index (χ1v) is 5.03. The topological polar surface area (TPSA) is 17.8 Å². The number of imidazole rings is 1. The van der Waals surface area contributed by atoms with Crippen molar-refractivity contribution in [3.8, 4) is 0 Å². The van der Waals surface area contributed by atoms with Crippen LogP contribution < -0.4 is 0 Å². The number of benzene rings is 1. The SMILES string of the molecule is ClCC(c1ccccc1)n1ccnc1. The molecule has 0 aliphatic rings. The summed E-state index contributed by atoms with van der Waals surface area (Å²) >= 11 is 5.94. The highest BCUT2D eigenvalue weighted by molar-refractivity contribution is 6.18. The van der Waals surface area contributed by atoms with Crippen LogP contribution >= 0.6 is 11.6 Å². The quantitative estimate of drug-likeness (QED) is 0.707. The molecule has 72 valence electrons. The standard InChI is InChI=1S/C11H11ClN2/c12-8-11(14-7-6-13-9-14)10-4-2-1-3-5-10/h1-7,9,11H,8H2. The molecule has 2 nitrogen and oxygen atoms in total. The van der Waals surface area contributed by atoms with Crippen LogP contribution in [0.5, 0.6) is 0 Å². The maximum absolute atomic E-state index is 5.94. The lowest BCUT2D eigenvalue weighted by Crippen LogP contribution is -2.09. The van der Waals surface area contributed by atoms with Crippen molar-refractivity contribution >= 4 is 11.6 Å². The molecule has 0 aliphatic carbocycles. The van der Waals surface area contributed by atoms with Crippen molar-refractivity contribution in [3.63, 3.8) is 0 Å². The van der Waals surface area contributed by atoms with E-state index in [2.05, 4.69) is 17.1 Å². The van der Waals surface area contributed by atoms with E-state index in [1.54, 1.807) is 12.5 Å². The van der Waals surface area contributed by atoms with Crippen LogP contribution in [0.15, 0.2) is 49.1 Å². The molecule has 0 amide bonds. The van der Waals surface area contributed by atoms with E-state index in [0.717, 1.165) is 0 Å². The van der Waals surface area contributed by atoms with Gasteiger partial charge in [0.15, 0.2) is 0 Å². The summed E-state index contributed by atoms with van der Waals surface area (Å²) in [5, 5.41) is 0. The minimum absolute atomic E-state index is 0.181. The summed E-state index contributed by atoms with van der Waals surface area (Å²) in [6, 6.07) is 10.4. The van der Waals surface area contributed by atoms with E-state index >= 15 is 0 Å². The van der Waals surface area contributed by atoms with Crippen molar-refractivity contribution in [2.75, 3.05) is 5.88 Å². The maximum Gasteiger partial charge on any atom is 0.0952 e. The first kappa shape index (κ1) is 9.28. The predicted molar refractivity (Wildman–Crippen MR) is 57.5 cm³/mol. The van der Waals surface area contributed by atoms with Crippen LogP contribution in [-0.4, -0.2) is 15.4 Å². The number of nitrogens with zero attached hydrogens (tertiary/aromatic N) is 2. The molecule has 1 unspecified atom stereocenters. The van der Waals surface area contributed by atoms with Gasteiger partial charge in [0.25, 0.3) is 0 Å². The maximum atomic E-state index is 5.94. The highest BCUT2D eigenvalue weighted by Gasteiger charge is 2.10. The van der Waals surface area contributed by atoms with Crippen LogP contribution in [0, 0.1) is 0 Å². The monoisotopic (exact) mass is 206 g/mol. The largest absolute Gasteiger partial charge is 0.329 e. The molecule has 0 saturated carbocycles. The summed E-state index contributed by atoms with van der Waals surface area (Å²) in [5.41, 5.74) is 1.21. The zero-order chi connectivity index (χ0) is 9.80. The van der Waals surface area contributed by atoms with Crippen molar-refractivity contribution in [2.45, 2.75) is 6.04 Å². The fourth-order valence-corrected chi connectivity index (χ4v) is 1.81. The highest BCUT2D eigenvalue weighted by atomic mass is 35.5. The molecule has 1 aromatic carbocycles. The number of alkyl halides is 1. The average molecular weight is 207 g/mol. The number of hydrogen-bond donors (Lipinski definition) is 0. The van der Waals surface area contributed by atoms with E-state index in [1.807, 2.05) is 29.0 Å². The average Bonchev–Trinajstić information content (AvgIpc) is 2.74. The molecule has 0 saturated heterocycles. The molecular weight excluding hydrogens is 196 g/mol. The second-order valence-corrected chi connectivity index (χ2v) is 3.40. The summed E-state index contributed by atoms with van der Waals surface area (Å²) in [5.74, 6) is 0.556. The molecule has 2 rings (SSSR count). The zero-order valence-corrected chi connectivity index (χ0v) is 8.43.